The standard InChI is InChI=1S/C20H17F2N5O3/c21-13-5-7-14(8-6-13)24-20(29)23-10-17-25-19(26-30-17)12-9-18(28)27(11-12)16-4-2-1-3-15(16)22/h1-8,12H,9-11H2,(H2,23,24,29). The number of hydrogen-bond donors (Lipinski definition) is 2. The Labute approximate surface area is 169 Å². The quantitative estimate of drug-likeness (QED) is 0.669. The summed E-state index contributed by atoms with van der Waals surface area (Å²) in [5, 5.41) is 8.98. The van der Waals surface area contributed by atoms with Crippen molar-refractivity contribution in [2.45, 2.75) is 18.9 Å². The van der Waals surface area contributed by atoms with Crippen LogP contribution in [0.5, 0.6) is 0 Å². The Hall–Kier alpha value is -3.82. The number of carbonyl (C=O) groups excluding carboxylic acids is 2. The van der Waals surface area contributed by atoms with Gasteiger partial charge in [0.15, 0.2) is 5.82 Å². The van der Waals surface area contributed by atoms with Gasteiger partial charge in [0.25, 0.3) is 0 Å². The maximum absolute atomic E-state index is 14.0. The second-order valence-electron chi connectivity index (χ2n) is 6.72. The second kappa shape index (κ2) is 8.27. The van der Waals surface area contributed by atoms with Gasteiger partial charge in [-0.3, -0.25) is 4.79 Å². The normalized spacial score (nSPS) is 16.0. The lowest BCUT2D eigenvalue weighted by Gasteiger charge is -2.16. The van der Waals surface area contributed by atoms with Crippen molar-refractivity contribution in [1.82, 2.24) is 15.5 Å². The number of amides is 3. The van der Waals surface area contributed by atoms with E-state index in [1.807, 2.05) is 0 Å². The average molecular weight is 413 g/mol. The third-order valence-corrected chi connectivity index (χ3v) is 4.62. The summed E-state index contributed by atoms with van der Waals surface area (Å²) < 4.78 is 32.0. The zero-order chi connectivity index (χ0) is 21.1. The zero-order valence-corrected chi connectivity index (χ0v) is 15.6. The fourth-order valence-corrected chi connectivity index (χ4v) is 3.15. The molecule has 2 aromatic carbocycles. The molecule has 3 amide bonds. The number of halogens is 2. The Morgan fingerprint density at radius 1 is 1.17 bits per heavy atom. The molecular formula is C20H17F2N5O3. The first-order valence-electron chi connectivity index (χ1n) is 9.17. The summed E-state index contributed by atoms with van der Waals surface area (Å²) >= 11 is 0. The highest BCUT2D eigenvalue weighted by molar-refractivity contribution is 5.96. The van der Waals surface area contributed by atoms with Gasteiger partial charge >= 0.3 is 6.03 Å². The topological polar surface area (TPSA) is 100 Å². The fraction of sp³-hybridized carbons (Fsp3) is 0.200. The van der Waals surface area contributed by atoms with E-state index in [9.17, 15) is 18.4 Å². The molecule has 0 spiro atoms. The Kier molecular flexibility index (Phi) is 5.38. The molecule has 10 heteroatoms. The lowest BCUT2D eigenvalue weighted by Crippen LogP contribution is -2.28. The van der Waals surface area contributed by atoms with Crippen molar-refractivity contribution in [2.24, 2.45) is 0 Å². The van der Waals surface area contributed by atoms with Gasteiger partial charge < -0.3 is 20.1 Å². The number of nitrogens with one attached hydrogen (secondary N) is 2. The molecule has 2 heterocycles. The van der Waals surface area contributed by atoms with Crippen molar-refractivity contribution in [2.75, 3.05) is 16.8 Å². The van der Waals surface area contributed by atoms with E-state index >= 15 is 0 Å². The van der Waals surface area contributed by atoms with Crippen LogP contribution in [0.4, 0.5) is 25.0 Å². The minimum atomic E-state index is -0.525. The van der Waals surface area contributed by atoms with E-state index in [2.05, 4.69) is 20.8 Å². The molecule has 4 rings (SSSR count). The molecule has 1 fully saturated rings. The Morgan fingerprint density at radius 3 is 2.70 bits per heavy atom. The number of carbonyl (C=O) groups is 2. The minimum Gasteiger partial charge on any atom is -0.337 e. The van der Waals surface area contributed by atoms with Gasteiger partial charge in [-0.25, -0.2) is 13.6 Å². The van der Waals surface area contributed by atoms with Crippen molar-refractivity contribution in [3.8, 4) is 0 Å². The van der Waals surface area contributed by atoms with E-state index in [4.69, 9.17) is 4.52 Å². The van der Waals surface area contributed by atoms with Gasteiger partial charge in [0.1, 0.15) is 11.6 Å². The van der Waals surface area contributed by atoms with E-state index in [0.29, 0.717) is 11.5 Å². The van der Waals surface area contributed by atoms with Crippen LogP contribution in [0.25, 0.3) is 0 Å². The number of nitrogens with zero attached hydrogens (tertiary/aromatic N) is 3. The average Bonchev–Trinajstić information content (AvgIpc) is 3.35. The Balaban J connectivity index is 1.34. The molecule has 1 aliphatic rings. The summed E-state index contributed by atoms with van der Waals surface area (Å²) in [6, 6.07) is 10.8. The third kappa shape index (κ3) is 4.27. The minimum absolute atomic E-state index is 0.0300. The predicted octanol–water partition coefficient (Wildman–Crippen LogP) is 3.19. The van der Waals surface area contributed by atoms with Crippen LogP contribution in [0.1, 0.15) is 24.1 Å². The monoisotopic (exact) mass is 413 g/mol. The number of benzene rings is 2. The molecule has 1 saturated heterocycles. The molecule has 0 bridgehead atoms. The molecule has 30 heavy (non-hydrogen) atoms. The highest BCUT2D eigenvalue weighted by atomic mass is 19.1. The molecule has 1 unspecified atom stereocenters. The van der Waals surface area contributed by atoms with Crippen molar-refractivity contribution in [3.05, 3.63) is 71.9 Å². The molecule has 8 nitrogen and oxygen atoms in total. The van der Waals surface area contributed by atoms with Gasteiger partial charge in [-0.2, -0.15) is 4.98 Å². The number of anilines is 2. The maximum atomic E-state index is 14.0. The highest BCUT2D eigenvalue weighted by Crippen LogP contribution is 2.31. The zero-order valence-electron chi connectivity index (χ0n) is 15.6. The number of aromatic nitrogens is 2. The van der Waals surface area contributed by atoms with Gasteiger partial charge in [0.2, 0.25) is 11.8 Å². The number of hydrogen-bond acceptors (Lipinski definition) is 5. The van der Waals surface area contributed by atoms with Crippen LogP contribution in [-0.4, -0.2) is 28.6 Å². The summed E-state index contributed by atoms with van der Waals surface area (Å²) in [6.07, 6.45) is 0.131. The smallest absolute Gasteiger partial charge is 0.319 e. The van der Waals surface area contributed by atoms with Crippen LogP contribution in [0.2, 0.25) is 0 Å². The van der Waals surface area contributed by atoms with Crippen molar-refractivity contribution in [1.29, 1.82) is 0 Å². The van der Waals surface area contributed by atoms with Gasteiger partial charge in [-0.1, -0.05) is 17.3 Å². The van der Waals surface area contributed by atoms with Gasteiger partial charge in [0, 0.05) is 24.6 Å². The number of rotatable bonds is 5. The summed E-state index contributed by atoms with van der Waals surface area (Å²) in [4.78, 5) is 29.8. The van der Waals surface area contributed by atoms with E-state index in [-0.39, 0.29) is 42.9 Å². The lowest BCUT2D eigenvalue weighted by atomic mass is 10.1. The summed E-state index contributed by atoms with van der Waals surface area (Å²) in [5.41, 5.74) is 0.644. The van der Waals surface area contributed by atoms with E-state index in [1.54, 1.807) is 18.2 Å². The Bertz CT molecular complexity index is 1070. The summed E-state index contributed by atoms with van der Waals surface area (Å²) in [5.74, 6) is -0.972. The first-order chi connectivity index (χ1) is 14.5. The molecule has 0 aliphatic carbocycles. The summed E-state index contributed by atoms with van der Waals surface area (Å²) in [6.45, 7) is 0.203. The molecule has 1 atom stereocenters. The maximum Gasteiger partial charge on any atom is 0.319 e. The molecular weight excluding hydrogens is 396 g/mol. The van der Waals surface area contributed by atoms with Crippen LogP contribution in [0.3, 0.4) is 0 Å². The van der Waals surface area contributed by atoms with Crippen LogP contribution < -0.4 is 15.5 Å². The molecule has 0 saturated carbocycles. The van der Waals surface area contributed by atoms with Crippen molar-refractivity contribution < 1.29 is 22.9 Å². The Morgan fingerprint density at radius 2 is 1.93 bits per heavy atom. The first kappa shape index (κ1) is 19.5. The number of urea groups is 1. The fourth-order valence-electron chi connectivity index (χ4n) is 3.15. The second-order valence-corrected chi connectivity index (χ2v) is 6.72. The van der Waals surface area contributed by atoms with E-state index in [1.165, 1.54) is 35.2 Å². The van der Waals surface area contributed by atoms with E-state index < -0.39 is 17.7 Å². The SMILES string of the molecule is O=C(NCc1nc(C2CC(=O)N(c3ccccc3F)C2)no1)Nc1ccc(F)cc1. The predicted molar refractivity (Wildman–Crippen MR) is 103 cm³/mol. The van der Waals surface area contributed by atoms with Crippen LogP contribution in [-0.2, 0) is 11.3 Å². The van der Waals surface area contributed by atoms with Gasteiger partial charge in [0.05, 0.1) is 12.2 Å². The third-order valence-electron chi connectivity index (χ3n) is 4.62. The van der Waals surface area contributed by atoms with Gasteiger partial charge in [-0.05, 0) is 36.4 Å². The van der Waals surface area contributed by atoms with Crippen LogP contribution in [0, 0.1) is 11.6 Å². The van der Waals surface area contributed by atoms with Crippen LogP contribution >= 0.6 is 0 Å². The van der Waals surface area contributed by atoms with E-state index in [0.717, 1.165) is 0 Å². The molecule has 3 aromatic rings. The van der Waals surface area contributed by atoms with Crippen LogP contribution in [0.15, 0.2) is 53.1 Å². The number of para-hydroxylation sites is 1. The molecule has 0 radical (unpaired) electrons. The molecule has 1 aliphatic heterocycles. The molecule has 1 aromatic heterocycles. The lowest BCUT2D eigenvalue weighted by molar-refractivity contribution is -0.117. The first-order valence-corrected chi connectivity index (χ1v) is 9.17. The molecule has 154 valence electrons. The van der Waals surface area contributed by atoms with Crippen molar-refractivity contribution in [3.63, 3.8) is 0 Å². The van der Waals surface area contributed by atoms with Gasteiger partial charge in [-0.15, -0.1) is 0 Å². The highest BCUT2D eigenvalue weighted by Gasteiger charge is 2.35. The summed E-state index contributed by atoms with van der Waals surface area (Å²) in [7, 11) is 0. The largest absolute Gasteiger partial charge is 0.337 e. The molecule has 2 N–H and O–H groups in total. The van der Waals surface area contributed by atoms with Crippen molar-refractivity contribution >= 4 is 23.3 Å².